The highest BCUT2D eigenvalue weighted by molar-refractivity contribution is 7.52. The van der Waals surface area contributed by atoms with Crippen LogP contribution in [0.3, 0.4) is 0 Å². The summed E-state index contributed by atoms with van der Waals surface area (Å²) in [6.45, 7) is 0.0584. The summed E-state index contributed by atoms with van der Waals surface area (Å²) in [7, 11) is -3.99. The fraction of sp³-hybridized carbons (Fsp3) is 0.333. The Kier molecular flexibility index (Phi) is 6.37. The molecule has 9 heteroatoms. The van der Waals surface area contributed by atoms with E-state index in [-0.39, 0.29) is 42.5 Å². The first kappa shape index (κ1) is 19.3. The third-order valence-corrected chi connectivity index (χ3v) is 5.27. The molecule has 0 fully saturated rings. The van der Waals surface area contributed by atoms with Crippen LogP contribution in [0.5, 0.6) is 0 Å². The van der Waals surface area contributed by atoms with E-state index in [9.17, 15) is 19.0 Å². The number of nitrogens with zero attached hydrogens (tertiary/aromatic N) is 1. The number of alkyl halides is 2. The lowest BCUT2D eigenvalue weighted by Gasteiger charge is -2.26. The van der Waals surface area contributed by atoms with Gasteiger partial charge in [-0.1, -0.05) is 24.3 Å². The fourth-order valence-electron chi connectivity index (χ4n) is 2.50. The Morgan fingerprint density at radius 2 is 1.88 bits per heavy atom. The van der Waals surface area contributed by atoms with Gasteiger partial charge in [0.2, 0.25) is 0 Å². The second-order valence-corrected chi connectivity index (χ2v) is 8.14. The molecule has 0 amide bonds. The summed E-state index contributed by atoms with van der Waals surface area (Å²) in [6.07, 6.45) is 1.35. The van der Waals surface area contributed by atoms with Crippen molar-refractivity contribution in [3.63, 3.8) is 0 Å². The molecule has 0 radical (unpaired) electrons. The van der Waals surface area contributed by atoms with Crippen molar-refractivity contribution in [2.75, 3.05) is 19.0 Å². The minimum absolute atomic E-state index is 0.0288. The summed E-state index contributed by atoms with van der Waals surface area (Å²) >= 11 is 11.8. The maximum absolute atomic E-state index is 12.5. The lowest BCUT2D eigenvalue weighted by Crippen LogP contribution is -2.32. The smallest absolute Gasteiger partial charge is 0.322 e. The van der Waals surface area contributed by atoms with Gasteiger partial charge in [0.1, 0.15) is 0 Å². The molecule has 3 N–H and O–H groups in total. The van der Waals surface area contributed by atoms with Crippen LogP contribution >= 0.6 is 30.9 Å². The molecule has 2 rings (SSSR count). The normalized spacial score (nSPS) is 18.1. The summed E-state index contributed by atoms with van der Waals surface area (Å²) in [5.74, 6) is -0.410. The number of Topliss-reactive ketones (excluding diaryl/α,β-unsaturated/α-hetero) is 1. The Morgan fingerprint density at radius 3 is 2.46 bits per heavy atom. The third kappa shape index (κ3) is 4.54. The fourth-order valence-corrected chi connectivity index (χ4v) is 4.07. The Morgan fingerprint density at radius 1 is 1.25 bits per heavy atom. The highest BCUT2D eigenvalue weighted by Crippen LogP contribution is 2.37. The number of hydrogen-bond donors (Lipinski definition) is 2. The molecule has 6 nitrogen and oxygen atoms in total. The van der Waals surface area contributed by atoms with Gasteiger partial charge in [0.25, 0.3) is 0 Å². The van der Waals surface area contributed by atoms with E-state index in [1.54, 1.807) is 24.3 Å². The van der Waals surface area contributed by atoms with Gasteiger partial charge in [-0.3, -0.25) is 14.2 Å². The molecule has 1 aromatic rings. The van der Waals surface area contributed by atoms with Crippen molar-refractivity contribution in [3.05, 3.63) is 47.0 Å². The quantitative estimate of drug-likeness (QED) is 0.548. The van der Waals surface area contributed by atoms with E-state index < -0.39 is 13.0 Å². The predicted molar refractivity (Wildman–Crippen MR) is 93.7 cm³/mol. The van der Waals surface area contributed by atoms with E-state index >= 15 is 0 Å². The largest absolute Gasteiger partial charge is 0.338 e. The number of carbonyl (C=O) groups excluding carboxylic acids is 2. The molecular formula is C15H17Cl2N2O4P. The van der Waals surface area contributed by atoms with Gasteiger partial charge in [-0.25, -0.2) is 10.2 Å². The molecule has 0 saturated carbocycles. The van der Waals surface area contributed by atoms with Crippen molar-refractivity contribution in [2.24, 2.45) is 5.50 Å². The number of halogens is 2. The molecule has 24 heavy (non-hydrogen) atoms. The average Bonchev–Trinajstić information content (AvgIpc) is 2.51. The first-order valence-corrected chi connectivity index (χ1v) is 9.84. The minimum atomic E-state index is -3.99. The van der Waals surface area contributed by atoms with Gasteiger partial charge in [0.05, 0.1) is 5.38 Å². The van der Waals surface area contributed by atoms with E-state index in [4.69, 9.17) is 28.7 Å². The maximum atomic E-state index is 12.5. The summed E-state index contributed by atoms with van der Waals surface area (Å²) < 4.78 is 12.7. The van der Waals surface area contributed by atoms with Gasteiger partial charge in [0.15, 0.2) is 11.6 Å². The van der Waals surface area contributed by atoms with Crippen LogP contribution < -0.4 is 5.50 Å². The Hall–Kier alpha value is -1.01. The first-order chi connectivity index (χ1) is 11.2. The molecular weight excluding hydrogens is 374 g/mol. The van der Waals surface area contributed by atoms with E-state index in [1.807, 2.05) is 0 Å². The number of fused-ring (bicyclic) bond motifs is 1. The SMILES string of the molecule is NP(=O)(O)N(CCCl)CC(Cl)CC1=CC(=O)c2ccccc2C1=O. The van der Waals surface area contributed by atoms with Crippen LogP contribution in [-0.4, -0.2) is 45.5 Å². The van der Waals surface area contributed by atoms with E-state index in [0.717, 1.165) is 4.67 Å². The standard InChI is InChI=1S/C15H17Cl2N2O4P/c16-5-6-19(24(18,22)23)9-11(17)7-10-8-14(20)12-3-1-2-4-13(12)15(10)21/h1-4,8,11H,5-7,9H2,(H3,18,22,23). The van der Waals surface area contributed by atoms with Crippen LogP contribution in [0, 0.1) is 0 Å². The van der Waals surface area contributed by atoms with Crippen molar-refractivity contribution >= 4 is 42.4 Å². The van der Waals surface area contributed by atoms with Crippen LogP contribution in [0.1, 0.15) is 27.1 Å². The summed E-state index contributed by atoms with van der Waals surface area (Å²) in [5, 5.41) is -0.675. The molecule has 2 atom stereocenters. The summed E-state index contributed by atoms with van der Waals surface area (Å²) in [4.78, 5) is 34.1. The second-order valence-electron chi connectivity index (χ2n) is 5.40. The van der Waals surface area contributed by atoms with Crippen LogP contribution in [0.15, 0.2) is 35.9 Å². The zero-order valence-corrected chi connectivity index (χ0v) is 15.1. The number of allylic oxidation sites excluding steroid dienone is 2. The molecule has 0 spiro atoms. The van der Waals surface area contributed by atoms with E-state index in [2.05, 4.69) is 0 Å². The molecule has 0 saturated heterocycles. The molecule has 1 aliphatic rings. The monoisotopic (exact) mass is 390 g/mol. The molecule has 0 aliphatic heterocycles. The highest BCUT2D eigenvalue weighted by atomic mass is 35.5. The Balaban J connectivity index is 2.12. The Labute approximate surface area is 149 Å². The summed E-state index contributed by atoms with van der Waals surface area (Å²) in [6, 6.07) is 6.56. The third-order valence-electron chi connectivity index (χ3n) is 3.63. The highest BCUT2D eigenvalue weighted by Gasteiger charge is 2.29. The average molecular weight is 391 g/mol. The van der Waals surface area contributed by atoms with E-state index in [0.29, 0.717) is 11.1 Å². The van der Waals surface area contributed by atoms with Gasteiger partial charge >= 0.3 is 7.67 Å². The number of nitrogens with two attached hydrogens (primary N) is 1. The van der Waals surface area contributed by atoms with Crippen LogP contribution in [0.2, 0.25) is 0 Å². The number of benzene rings is 1. The molecule has 2 unspecified atom stereocenters. The lowest BCUT2D eigenvalue weighted by molar-refractivity contribution is 0.0981. The number of rotatable bonds is 7. The molecule has 0 bridgehead atoms. The summed E-state index contributed by atoms with van der Waals surface area (Å²) in [5.41, 5.74) is 6.22. The second kappa shape index (κ2) is 7.91. The topological polar surface area (TPSA) is 101 Å². The van der Waals surface area contributed by atoms with Crippen molar-refractivity contribution in [1.29, 1.82) is 0 Å². The Bertz CT molecular complexity index is 732. The van der Waals surface area contributed by atoms with Gasteiger partial charge in [-0.05, 0) is 12.5 Å². The molecule has 1 aliphatic carbocycles. The van der Waals surface area contributed by atoms with Crippen LogP contribution in [-0.2, 0) is 4.57 Å². The zero-order chi connectivity index (χ0) is 17.9. The molecule has 0 aromatic heterocycles. The van der Waals surface area contributed by atoms with Gasteiger partial charge < -0.3 is 4.89 Å². The number of ketones is 2. The van der Waals surface area contributed by atoms with Gasteiger partial charge in [-0.2, -0.15) is 0 Å². The van der Waals surface area contributed by atoms with Crippen molar-refractivity contribution < 1.29 is 19.0 Å². The minimum Gasteiger partial charge on any atom is -0.322 e. The molecule has 130 valence electrons. The first-order valence-electron chi connectivity index (χ1n) is 7.19. The van der Waals surface area contributed by atoms with Crippen molar-refractivity contribution in [1.82, 2.24) is 4.67 Å². The zero-order valence-electron chi connectivity index (χ0n) is 12.7. The number of carbonyl (C=O) groups is 2. The molecule has 0 heterocycles. The van der Waals surface area contributed by atoms with Crippen LogP contribution in [0.4, 0.5) is 0 Å². The van der Waals surface area contributed by atoms with E-state index in [1.165, 1.54) is 6.08 Å². The molecule has 1 aromatic carbocycles. The number of hydrogen-bond acceptors (Lipinski definition) is 3. The predicted octanol–water partition coefficient (Wildman–Crippen LogP) is 2.59. The van der Waals surface area contributed by atoms with Crippen LogP contribution in [0.25, 0.3) is 0 Å². The van der Waals surface area contributed by atoms with Crippen molar-refractivity contribution in [2.45, 2.75) is 11.8 Å². The van der Waals surface area contributed by atoms with Gasteiger partial charge in [0, 0.05) is 35.7 Å². The lowest BCUT2D eigenvalue weighted by atomic mass is 9.87. The maximum Gasteiger partial charge on any atom is 0.338 e. The van der Waals surface area contributed by atoms with Crippen molar-refractivity contribution in [3.8, 4) is 0 Å². The van der Waals surface area contributed by atoms with Gasteiger partial charge in [-0.15, -0.1) is 23.2 Å².